The number of nitrogens with two attached hydrogens (primary N) is 1. The predicted octanol–water partition coefficient (Wildman–Crippen LogP) is 0.500. The van der Waals surface area contributed by atoms with Crippen LogP contribution in [0.1, 0.15) is 6.92 Å². The average Bonchev–Trinajstić information content (AvgIpc) is 2.30. The summed E-state index contributed by atoms with van der Waals surface area (Å²) in [5, 5.41) is 3.32. The van der Waals surface area contributed by atoms with Crippen LogP contribution in [0.4, 0.5) is 11.5 Å². The van der Waals surface area contributed by atoms with E-state index in [1.165, 1.54) is 0 Å². The lowest BCUT2D eigenvalue weighted by molar-refractivity contribution is 0.589. The van der Waals surface area contributed by atoms with Crippen molar-refractivity contribution in [3.05, 3.63) is 18.3 Å². The van der Waals surface area contributed by atoms with Gasteiger partial charge in [0.15, 0.2) is 5.82 Å². The van der Waals surface area contributed by atoms with E-state index in [1.54, 1.807) is 6.92 Å². The van der Waals surface area contributed by atoms with Crippen molar-refractivity contribution < 1.29 is 0 Å². The monoisotopic (exact) mass is 219 g/mol. The minimum Gasteiger partial charge on any atom is -0.387 e. The van der Waals surface area contributed by atoms with E-state index in [2.05, 4.69) is 20.2 Å². The zero-order valence-corrected chi connectivity index (χ0v) is 9.48. The number of hydrogen-bond acceptors (Lipinski definition) is 4. The number of hydrogen-bond donors (Lipinski definition) is 2. The van der Waals surface area contributed by atoms with Crippen LogP contribution in [0.5, 0.6) is 0 Å². The highest BCUT2D eigenvalue weighted by Gasteiger charge is 2.10. The Bertz CT molecular complexity index is 360. The van der Waals surface area contributed by atoms with Crippen molar-refractivity contribution >= 4 is 17.3 Å². The zero-order chi connectivity index (χ0) is 11.4. The van der Waals surface area contributed by atoms with Crippen LogP contribution in [0.15, 0.2) is 23.3 Å². The summed E-state index contributed by atoms with van der Waals surface area (Å²) in [6.07, 6.45) is 1.85. The van der Waals surface area contributed by atoms with Crippen molar-refractivity contribution in [2.24, 2.45) is 10.7 Å². The molecule has 0 bridgehead atoms. The van der Waals surface area contributed by atoms with E-state index >= 15 is 0 Å². The first-order valence-electron chi connectivity index (χ1n) is 5.48. The van der Waals surface area contributed by atoms with Gasteiger partial charge in [-0.05, 0) is 19.1 Å². The Kier molecular flexibility index (Phi) is 3.36. The molecule has 0 aromatic carbocycles. The van der Waals surface area contributed by atoms with E-state index in [0.717, 1.165) is 31.9 Å². The Balaban J connectivity index is 2.09. The summed E-state index contributed by atoms with van der Waals surface area (Å²) in [6.45, 7) is 5.87. The molecule has 1 saturated heterocycles. The van der Waals surface area contributed by atoms with Gasteiger partial charge in [-0.1, -0.05) is 0 Å². The highest BCUT2D eigenvalue weighted by molar-refractivity contribution is 5.80. The number of aromatic nitrogens is 1. The molecule has 0 unspecified atom stereocenters. The van der Waals surface area contributed by atoms with Crippen molar-refractivity contribution in [1.82, 2.24) is 10.3 Å². The summed E-state index contributed by atoms with van der Waals surface area (Å²) in [5.74, 6) is 1.20. The minimum absolute atomic E-state index is 0.530. The number of aliphatic imine (C=N–C) groups is 1. The van der Waals surface area contributed by atoms with E-state index in [4.69, 9.17) is 5.73 Å². The SMILES string of the molecule is CC(N)=Nc1ccc(N2CCNCC2)cn1. The molecule has 5 nitrogen and oxygen atoms in total. The van der Waals surface area contributed by atoms with Gasteiger partial charge in [0.25, 0.3) is 0 Å². The lowest BCUT2D eigenvalue weighted by Gasteiger charge is -2.29. The fourth-order valence-electron chi connectivity index (χ4n) is 1.74. The van der Waals surface area contributed by atoms with Crippen LogP contribution in [-0.2, 0) is 0 Å². The maximum atomic E-state index is 5.50. The number of nitrogens with one attached hydrogen (secondary N) is 1. The summed E-state index contributed by atoms with van der Waals surface area (Å²) in [6, 6.07) is 3.94. The van der Waals surface area contributed by atoms with Gasteiger partial charge in [-0.3, -0.25) is 0 Å². The molecule has 2 rings (SSSR count). The molecule has 1 fully saturated rings. The predicted molar refractivity (Wildman–Crippen MR) is 66.3 cm³/mol. The lowest BCUT2D eigenvalue weighted by atomic mass is 10.3. The molecule has 1 aliphatic rings. The first-order chi connectivity index (χ1) is 7.75. The molecule has 0 aliphatic carbocycles. The molecular weight excluding hydrogens is 202 g/mol. The van der Waals surface area contributed by atoms with Crippen LogP contribution in [0, 0.1) is 0 Å². The van der Waals surface area contributed by atoms with Crippen molar-refractivity contribution in [1.29, 1.82) is 0 Å². The molecule has 1 aromatic rings. The van der Waals surface area contributed by atoms with E-state index in [-0.39, 0.29) is 0 Å². The normalized spacial score (nSPS) is 17.6. The number of pyridine rings is 1. The molecule has 0 radical (unpaired) electrons. The Hall–Kier alpha value is -1.62. The van der Waals surface area contributed by atoms with Crippen molar-refractivity contribution in [3.63, 3.8) is 0 Å². The molecule has 1 aliphatic heterocycles. The second-order valence-electron chi connectivity index (χ2n) is 3.86. The molecule has 1 aromatic heterocycles. The number of anilines is 1. The Morgan fingerprint density at radius 3 is 2.75 bits per heavy atom. The summed E-state index contributed by atoms with van der Waals surface area (Å²) < 4.78 is 0. The maximum absolute atomic E-state index is 5.50. The highest BCUT2D eigenvalue weighted by atomic mass is 15.2. The van der Waals surface area contributed by atoms with Crippen LogP contribution in [0.25, 0.3) is 0 Å². The second-order valence-corrected chi connectivity index (χ2v) is 3.86. The Morgan fingerprint density at radius 2 is 2.19 bits per heavy atom. The third-order valence-corrected chi connectivity index (χ3v) is 2.51. The molecule has 0 saturated carbocycles. The van der Waals surface area contributed by atoms with Crippen molar-refractivity contribution in [2.45, 2.75) is 6.92 Å². The molecular formula is C11H17N5. The van der Waals surface area contributed by atoms with Crippen molar-refractivity contribution in [2.75, 3.05) is 31.1 Å². The fourth-order valence-corrected chi connectivity index (χ4v) is 1.74. The highest BCUT2D eigenvalue weighted by Crippen LogP contribution is 2.16. The van der Waals surface area contributed by atoms with Gasteiger partial charge in [0.05, 0.1) is 17.7 Å². The lowest BCUT2D eigenvalue weighted by Crippen LogP contribution is -2.43. The van der Waals surface area contributed by atoms with Gasteiger partial charge in [0.1, 0.15) is 0 Å². The van der Waals surface area contributed by atoms with Gasteiger partial charge in [-0.25, -0.2) is 9.98 Å². The van der Waals surface area contributed by atoms with Crippen molar-refractivity contribution in [3.8, 4) is 0 Å². The number of piperazine rings is 1. The van der Waals surface area contributed by atoms with Gasteiger partial charge >= 0.3 is 0 Å². The average molecular weight is 219 g/mol. The molecule has 0 amide bonds. The van der Waals surface area contributed by atoms with E-state index in [9.17, 15) is 0 Å². The van der Waals surface area contributed by atoms with Crippen LogP contribution >= 0.6 is 0 Å². The Morgan fingerprint density at radius 1 is 1.44 bits per heavy atom. The minimum atomic E-state index is 0.530. The van der Waals surface area contributed by atoms with E-state index in [1.807, 2.05) is 18.3 Å². The fraction of sp³-hybridized carbons (Fsp3) is 0.455. The van der Waals surface area contributed by atoms with Gasteiger partial charge in [0.2, 0.25) is 0 Å². The summed E-state index contributed by atoms with van der Waals surface area (Å²) in [4.78, 5) is 10.7. The molecule has 5 heteroatoms. The first-order valence-corrected chi connectivity index (χ1v) is 5.48. The molecule has 0 atom stereocenters. The quantitative estimate of drug-likeness (QED) is 0.561. The van der Waals surface area contributed by atoms with Gasteiger partial charge in [0, 0.05) is 26.2 Å². The molecule has 86 valence electrons. The van der Waals surface area contributed by atoms with Crippen LogP contribution in [0.3, 0.4) is 0 Å². The first kappa shape index (κ1) is 10.9. The largest absolute Gasteiger partial charge is 0.387 e. The summed E-state index contributed by atoms with van der Waals surface area (Å²) in [5.41, 5.74) is 6.64. The van der Waals surface area contributed by atoms with Crippen LogP contribution in [0.2, 0.25) is 0 Å². The number of rotatable bonds is 2. The number of nitrogens with zero attached hydrogens (tertiary/aromatic N) is 3. The van der Waals surface area contributed by atoms with Gasteiger partial charge in [-0.2, -0.15) is 0 Å². The summed E-state index contributed by atoms with van der Waals surface area (Å²) >= 11 is 0. The zero-order valence-electron chi connectivity index (χ0n) is 9.48. The third kappa shape index (κ3) is 2.70. The van der Waals surface area contributed by atoms with Gasteiger partial charge in [-0.15, -0.1) is 0 Å². The van der Waals surface area contributed by atoms with Crippen LogP contribution < -0.4 is 16.0 Å². The summed E-state index contributed by atoms with van der Waals surface area (Å²) in [7, 11) is 0. The molecule has 0 spiro atoms. The topological polar surface area (TPSA) is 66.5 Å². The molecule has 2 heterocycles. The number of amidine groups is 1. The van der Waals surface area contributed by atoms with E-state index < -0.39 is 0 Å². The van der Waals surface area contributed by atoms with E-state index in [0.29, 0.717) is 11.7 Å². The molecule has 16 heavy (non-hydrogen) atoms. The molecule has 3 N–H and O–H groups in total. The second kappa shape index (κ2) is 4.94. The standard InChI is InChI=1S/C11H17N5/c1-9(12)15-11-3-2-10(8-14-11)16-6-4-13-5-7-16/h2-3,8,13H,4-7H2,1H3,(H2,12,14,15). The smallest absolute Gasteiger partial charge is 0.153 e. The van der Waals surface area contributed by atoms with Gasteiger partial charge < -0.3 is 16.0 Å². The third-order valence-electron chi connectivity index (χ3n) is 2.51. The van der Waals surface area contributed by atoms with Crippen LogP contribution in [-0.4, -0.2) is 37.0 Å². The Labute approximate surface area is 95.4 Å². The maximum Gasteiger partial charge on any atom is 0.153 e.